The summed E-state index contributed by atoms with van der Waals surface area (Å²) in [6.07, 6.45) is 1.04. The van der Waals surface area contributed by atoms with Gasteiger partial charge in [0.05, 0.1) is 0 Å². The van der Waals surface area contributed by atoms with E-state index in [4.69, 9.17) is 10.5 Å². The molecular weight excluding hydrogens is 250 g/mol. The van der Waals surface area contributed by atoms with Gasteiger partial charge in [0.2, 0.25) is 0 Å². The molecule has 0 aromatic heterocycles. The minimum Gasteiger partial charge on any atom is -0.483 e. The van der Waals surface area contributed by atoms with E-state index in [0.717, 1.165) is 29.4 Å². The van der Waals surface area contributed by atoms with Gasteiger partial charge in [0, 0.05) is 17.4 Å². The van der Waals surface area contributed by atoms with E-state index in [-0.39, 0.29) is 0 Å². The molecule has 2 aromatic rings. The van der Waals surface area contributed by atoms with Crippen molar-refractivity contribution in [3.8, 4) is 5.75 Å². The van der Waals surface area contributed by atoms with Crippen LogP contribution in [0.3, 0.4) is 0 Å². The van der Waals surface area contributed by atoms with Crippen molar-refractivity contribution in [3.05, 3.63) is 48.0 Å². The molecule has 1 heterocycles. The Morgan fingerprint density at radius 3 is 2.75 bits per heavy atom. The topological polar surface area (TPSA) is 59.6 Å². The van der Waals surface area contributed by atoms with Gasteiger partial charge in [-0.25, -0.2) is 4.99 Å². The molecule has 0 atom stereocenters. The highest BCUT2D eigenvalue weighted by atomic mass is 16.5. The molecule has 102 valence electrons. The molecule has 0 unspecified atom stereocenters. The smallest absolute Gasteiger partial charge is 0.147 e. The van der Waals surface area contributed by atoms with Crippen LogP contribution in [0.25, 0.3) is 0 Å². The Morgan fingerprint density at radius 2 is 2.00 bits per heavy atom. The van der Waals surface area contributed by atoms with Gasteiger partial charge in [-0.05, 0) is 36.2 Å². The van der Waals surface area contributed by atoms with Crippen molar-refractivity contribution in [2.75, 3.05) is 17.7 Å². The Hall–Kier alpha value is -2.49. The van der Waals surface area contributed by atoms with Crippen molar-refractivity contribution in [2.24, 2.45) is 4.99 Å². The highest BCUT2D eigenvalue weighted by Crippen LogP contribution is 2.32. The first-order valence-corrected chi connectivity index (χ1v) is 6.70. The fraction of sp³-hybridized carbons (Fsp3) is 0.188. The fourth-order valence-electron chi connectivity index (χ4n) is 2.12. The number of hydrogen-bond acceptors (Lipinski definition) is 4. The molecule has 4 nitrogen and oxygen atoms in total. The number of ether oxygens (including phenoxy) is 1. The largest absolute Gasteiger partial charge is 0.483 e. The summed E-state index contributed by atoms with van der Waals surface area (Å²) < 4.78 is 5.66. The zero-order valence-electron chi connectivity index (χ0n) is 11.4. The average Bonchev–Trinajstić information content (AvgIpc) is 2.48. The number of aliphatic imine (C=N–C) groups is 1. The molecule has 20 heavy (non-hydrogen) atoms. The SMILES string of the molecule is CCc1ccc(NC2=Nc3ccc(N)cc3OC2)cc1. The monoisotopic (exact) mass is 267 g/mol. The van der Waals surface area contributed by atoms with Crippen LogP contribution in [0.2, 0.25) is 0 Å². The Kier molecular flexibility index (Phi) is 3.29. The number of nitrogens with one attached hydrogen (secondary N) is 1. The fourth-order valence-corrected chi connectivity index (χ4v) is 2.12. The quantitative estimate of drug-likeness (QED) is 0.820. The predicted molar refractivity (Wildman–Crippen MR) is 82.9 cm³/mol. The highest BCUT2D eigenvalue weighted by Gasteiger charge is 2.13. The zero-order chi connectivity index (χ0) is 13.9. The molecule has 3 rings (SSSR count). The van der Waals surface area contributed by atoms with Crippen LogP contribution in [-0.4, -0.2) is 12.4 Å². The zero-order valence-corrected chi connectivity index (χ0v) is 11.4. The second kappa shape index (κ2) is 5.25. The maximum Gasteiger partial charge on any atom is 0.147 e. The van der Waals surface area contributed by atoms with Crippen molar-refractivity contribution < 1.29 is 4.74 Å². The van der Waals surface area contributed by atoms with Crippen LogP contribution >= 0.6 is 0 Å². The van der Waals surface area contributed by atoms with Crippen LogP contribution in [0, 0.1) is 0 Å². The number of nitrogens with zero attached hydrogens (tertiary/aromatic N) is 1. The van der Waals surface area contributed by atoms with Gasteiger partial charge in [-0.2, -0.15) is 0 Å². The molecule has 0 amide bonds. The van der Waals surface area contributed by atoms with Gasteiger partial charge in [0.15, 0.2) is 0 Å². The van der Waals surface area contributed by atoms with Crippen molar-refractivity contribution in [1.82, 2.24) is 0 Å². The second-order valence-electron chi connectivity index (χ2n) is 4.75. The first-order valence-electron chi connectivity index (χ1n) is 6.70. The first-order chi connectivity index (χ1) is 9.74. The maximum atomic E-state index is 5.72. The molecule has 1 aliphatic heterocycles. The van der Waals surface area contributed by atoms with Gasteiger partial charge in [-0.1, -0.05) is 19.1 Å². The van der Waals surface area contributed by atoms with Gasteiger partial charge in [0.1, 0.15) is 23.9 Å². The van der Waals surface area contributed by atoms with Crippen LogP contribution in [0.4, 0.5) is 17.1 Å². The van der Waals surface area contributed by atoms with E-state index in [9.17, 15) is 0 Å². The van der Waals surface area contributed by atoms with Crippen LogP contribution in [0.5, 0.6) is 5.75 Å². The number of hydrogen-bond donors (Lipinski definition) is 2. The van der Waals surface area contributed by atoms with Gasteiger partial charge in [-0.15, -0.1) is 0 Å². The van der Waals surface area contributed by atoms with E-state index in [1.54, 1.807) is 6.07 Å². The summed E-state index contributed by atoms with van der Waals surface area (Å²) >= 11 is 0. The number of fused-ring (bicyclic) bond motifs is 1. The van der Waals surface area contributed by atoms with Crippen LogP contribution in [0.1, 0.15) is 12.5 Å². The molecule has 4 heteroatoms. The molecule has 2 aromatic carbocycles. The number of rotatable bonds is 2. The predicted octanol–water partition coefficient (Wildman–Crippen LogP) is 3.37. The van der Waals surface area contributed by atoms with E-state index in [0.29, 0.717) is 12.3 Å². The van der Waals surface area contributed by atoms with Crippen molar-refractivity contribution in [2.45, 2.75) is 13.3 Å². The summed E-state index contributed by atoms with van der Waals surface area (Å²) in [5.41, 5.74) is 9.55. The summed E-state index contributed by atoms with van der Waals surface area (Å²) in [5, 5.41) is 3.28. The Morgan fingerprint density at radius 1 is 1.20 bits per heavy atom. The van der Waals surface area contributed by atoms with Crippen LogP contribution < -0.4 is 15.8 Å². The summed E-state index contributed by atoms with van der Waals surface area (Å²) in [6, 6.07) is 13.8. The summed E-state index contributed by atoms with van der Waals surface area (Å²) in [7, 11) is 0. The lowest BCUT2D eigenvalue weighted by atomic mass is 10.1. The van der Waals surface area contributed by atoms with Gasteiger partial charge >= 0.3 is 0 Å². The number of benzene rings is 2. The van der Waals surface area contributed by atoms with E-state index >= 15 is 0 Å². The Bertz CT molecular complexity index is 647. The number of nitrogens with two attached hydrogens (primary N) is 1. The Labute approximate surface area is 118 Å². The molecule has 0 bridgehead atoms. The third kappa shape index (κ3) is 2.59. The minimum absolute atomic E-state index is 0.423. The average molecular weight is 267 g/mol. The molecule has 0 aliphatic carbocycles. The summed E-state index contributed by atoms with van der Waals surface area (Å²) in [5.74, 6) is 1.53. The third-order valence-corrected chi connectivity index (χ3v) is 3.25. The lowest BCUT2D eigenvalue weighted by Crippen LogP contribution is -2.23. The number of anilines is 2. The van der Waals surface area contributed by atoms with Crippen molar-refractivity contribution in [3.63, 3.8) is 0 Å². The van der Waals surface area contributed by atoms with Crippen molar-refractivity contribution in [1.29, 1.82) is 0 Å². The standard InChI is InChI=1S/C16H17N3O/c1-2-11-3-6-13(7-4-11)18-16-10-20-15-9-12(17)5-8-14(15)19-16/h3-9H,2,10,17H2,1H3,(H,18,19). The van der Waals surface area contributed by atoms with Crippen LogP contribution in [0.15, 0.2) is 47.5 Å². The summed E-state index contributed by atoms with van der Waals surface area (Å²) in [4.78, 5) is 4.55. The molecule has 0 radical (unpaired) electrons. The molecule has 1 aliphatic rings. The van der Waals surface area contributed by atoms with Gasteiger partial charge in [0.25, 0.3) is 0 Å². The van der Waals surface area contributed by atoms with E-state index in [1.165, 1.54) is 5.56 Å². The lowest BCUT2D eigenvalue weighted by molar-refractivity contribution is 0.372. The first kappa shape index (κ1) is 12.5. The van der Waals surface area contributed by atoms with E-state index in [2.05, 4.69) is 41.5 Å². The van der Waals surface area contributed by atoms with Gasteiger partial charge < -0.3 is 15.8 Å². The van der Waals surface area contributed by atoms with Crippen molar-refractivity contribution >= 4 is 22.9 Å². The second-order valence-corrected chi connectivity index (χ2v) is 4.75. The number of amidine groups is 1. The third-order valence-electron chi connectivity index (χ3n) is 3.25. The van der Waals surface area contributed by atoms with E-state index in [1.807, 2.05) is 12.1 Å². The maximum absolute atomic E-state index is 5.72. The molecule has 0 saturated heterocycles. The van der Waals surface area contributed by atoms with E-state index < -0.39 is 0 Å². The molecule has 0 fully saturated rings. The minimum atomic E-state index is 0.423. The molecule has 3 N–H and O–H groups in total. The van der Waals surface area contributed by atoms with Crippen LogP contribution in [-0.2, 0) is 6.42 Å². The van der Waals surface area contributed by atoms with Gasteiger partial charge in [-0.3, -0.25) is 0 Å². The molecule has 0 saturated carbocycles. The molecular formula is C16H17N3O. The summed E-state index contributed by atoms with van der Waals surface area (Å²) in [6.45, 7) is 2.57. The normalized spacial score (nSPS) is 13.2. The molecule has 0 spiro atoms. The number of aryl methyl sites for hydroxylation is 1. The number of nitrogen functional groups attached to an aromatic ring is 1. The highest BCUT2D eigenvalue weighted by molar-refractivity contribution is 5.99. The Balaban J connectivity index is 1.79. The lowest BCUT2D eigenvalue weighted by Gasteiger charge is -2.18.